The second-order valence-electron chi connectivity index (χ2n) is 6.56. The predicted octanol–water partition coefficient (Wildman–Crippen LogP) is 1.96. The van der Waals surface area contributed by atoms with Crippen molar-refractivity contribution < 1.29 is 22.4 Å². The highest BCUT2D eigenvalue weighted by molar-refractivity contribution is 7.89. The van der Waals surface area contributed by atoms with Crippen LogP contribution in [0.2, 0.25) is 0 Å². The largest absolute Gasteiger partial charge is 0.366 e. The quantitative estimate of drug-likeness (QED) is 0.792. The topological polar surface area (TPSA) is 110 Å². The van der Waals surface area contributed by atoms with Crippen LogP contribution in [0.3, 0.4) is 0 Å². The molecular weight excluding hydrogens is 385 g/mol. The van der Waals surface area contributed by atoms with Crippen molar-refractivity contribution in [3.8, 4) is 0 Å². The number of benzene rings is 2. The zero-order valence-corrected chi connectivity index (χ0v) is 15.8. The van der Waals surface area contributed by atoms with Crippen LogP contribution in [-0.4, -0.2) is 37.6 Å². The Bertz CT molecular complexity index is 967. The lowest BCUT2D eigenvalue weighted by Gasteiger charge is -2.30. The summed E-state index contributed by atoms with van der Waals surface area (Å²) in [6.45, 7) is 0.419. The number of piperidine rings is 1. The summed E-state index contributed by atoms with van der Waals surface area (Å²) in [5, 5.41) is 2.72. The maximum atomic E-state index is 12.9. The number of amides is 2. The fourth-order valence-corrected chi connectivity index (χ4v) is 4.55. The molecule has 2 aromatic carbocycles. The minimum Gasteiger partial charge on any atom is -0.366 e. The Morgan fingerprint density at radius 1 is 1.00 bits per heavy atom. The number of hydrogen-bond acceptors (Lipinski definition) is 4. The van der Waals surface area contributed by atoms with Gasteiger partial charge in [-0.25, -0.2) is 12.8 Å². The van der Waals surface area contributed by atoms with Crippen LogP contribution in [0.1, 0.15) is 23.2 Å². The number of rotatable bonds is 5. The van der Waals surface area contributed by atoms with E-state index in [-0.39, 0.29) is 41.2 Å². The van der Waals surface area contributed by atoms with Gasteiger partial charge in [0, 0.05) is 30.3 Å². The summed E-state index contributed by atoms with van der Waals surface area (Å²) in [4.78, 5) is 23.6. The van der Waals surface area contributed by atoms with Crippen LogP contribution in [-0.2, 0) is 14.8 Å². The molecule has 3 rings (SSSR count). The lowest BCUT2D eigenvalue weighted by Crippen LogP contribution is -2.41. The van der Waals surface area contributed by atoms with Crippen LogP contribution >= 0.6 is 0 Å². The Morgan fingerprint density at radius 3 is 2.11 bits per heavy atom. The third kappa shape index (κ3) is 4.37. The molecule has 1 heterocycles. The smallest absolute Gasteiger partial charge is 0.248 e. The van der Waals surface area contributed by atoms with Crippen LogP contribution < -0.4 is 11.1 Å². The maximum Gasteiger partial charge on any atom is 0.248 e. The number of nitrogens with zero attached hydrogens (tertiary/aromatic N) is 1. The van der Waals surface area contributed by atoms with E-state index in [0.717, 1.165) is 0 Å². The van der Waals surface area contributed by atoms with Crippen LogP contribution in [0.4, 0.5) is 10.1 Å². The number of anilines is 1. The molecule has 0 atom stereocenters. The third-order valence-corrected chi connectivity index (χ3v) is 6.63. The number of carbonyl (C=O) groups is 2. The first kappa shape index (κ1) is 20.0. The van der Waals surface area contributed by atoms with Crippen molar-refractivity contribution in [2.75, 3.05) is 18.4 Å². The van der Waals surface area contributed by atoms with Crippen molar-refractivity contribution in [1.29, 1.82) is 0 Å². The molecule has 9 heteroatoms. The van der Waals surface area contributed by atoms with E-state index in [1.54, 1.807) is 0 Å². The first-order valence-electron chi connectivity index (χ1n) is 8.74. The van der Waals surface area contributed by atoms with E-state index in [4.69, 9.17) is 5.73 Å². The number of primary amides is 1. The molecule has 1 fully saturated rings. The van der Waals surface area contributed by atoms with Gasteiger partial charge in [0.05, 0.1) is 4.90 Å². The van der Waals surface area contributed by atoms with Gasteiger partial charge in [0.25, 0.3) is 0 Å². The first-order chi connectivity index (χ1) is 13.3. The molecular formula is C19H20FN3O4S. The Balaban J connectivity index is 1.61. The first-order valence-corrected chi connectivity index (χ1v) is 10.2. The Morgan fingerprint density at radius 2 is 1.57 bits per heavy atom. The van der Waals surface area contributed by atoms with Gasteiger partial charge in [-0.15, -0.1) is 0 Å². The summed E-state index contributed by atoms with van der Waals surface area (Å²) in [5.41, 5.74) is 5.89. The zero-order chi connectivity index (χ0) is 20.3. The van der Waals surface area contributed by atoms with Gasteiger partial charge < -0.3 is 11.1 Å². The van der Waals surface area contributed by atoms with Gasteiger partial charge in [0.2, 0.25) is 21.8 Å². The molecule has 0 aromatic heterocycles. The Labute approximate surface area is 162 Å². The zero-order valence-electron chi connectivity index (χ0n) is 15.0. The summed E-state index contributed by atoms with van der Waals surface area (Å²) in [6, 6.07) is 10.9. The van der Waals surface area contributed by atoms with Crippen molar-refractivity contribution in [1.82, 2.24) is 4.31 Å². The van der Waals surface area contributed by atoms with Gasteiger partial charge in [0.1, 0.15) is 5.82 Å². The van der Waals surface area contributed by atoms with E-state index in [1.807, 2.05) is 0 Å². The average Bonchev–Trinajstić information content (AvgIpc) is 2.70. The van der Waals surface area contributed by atoms with Crippen molar-refractivity contribution >= 4 is 27.5 Å². The lowest BCUT2D eigenvalue weighted by molar-refractivity contribution is -0.120. The molecule has 7 nitrogen and oxygen atoms in total. The number of sulfonamides is 1. The summed E-state index contributed by atoms with van der Waals surface area (Å²) in [5.74, 6) is -1.56. The molecule has 3 N–H and O–H groups in total. The molecule has 0 aliphatic carbocycles. The lowest BCUT2D eigenvalue weighted by atomic mass is 9.97. The van der Waals surface area contributed by atoms with E-state index in [9.17, 15) is 22.4 Å². The van der Waals surface area contributed by atoms with Crippen molar-refractivity contribution in [3.05, 3.63) is 59.9 Å². The molecule has 0 unspecified atom stereocenters. The SMILES string of the molecule is NC(=O)c1ccc(S(=O)(=O)N2CCC(C(=O)Nc3ccc(F)cc3)CC2)cc1. The molecule has 1 saturated heterocycles. The fourth-order valence-electron chi connectivity index (χ4n) is 3.08. The third-order valence-electron chi connectivity index (χ3n) is 4.71. The van der Waals surface area contributed by atoms with E-state index in [0.29, 0.717) is 18.5 Å². The van der Waals surface area contributed by atoms with Gasteiger partial charge in [-0.3, -0.25) is 9.59 Å². The van der Waals surface area contributed by atoms with Gasteiger partial charge >= 0.3 is 0 Å². The molecule has 28 heavy (non-hydrogen) atoms. The van der Waals surface area contributed by atoms with Crippen LogP contribution in [0.15, 0.2) is 53.4 Å². The number of hydrogen-bond donors (Lipinski definition) is 2. The number of nitrogens with one attached hydrogen (secondary N) is 1. The molecule has 148 valence electrons. The van der Waals surface area contributed by atoms with Gasteiger partial charge in [-0.1, -0.05) is 0 Å². The predicted molar refractivity (Wildman–Crippen MR) is 101 cm³/mol. The summed E-state index contributed by atoms with van der Waals surface area (Å²) >= 11 is 0. The molecule has 1 aliphatic heterocycles. The van der Waals surface area contributed by atoms with Crippen molar-refractivity contribution in [3.63, 3.8) is 0 Å². The van der Waals surface area contributed by atoms with Crippen molar-refractivity contribution in [2.45, 2.75) is 17.7 Å². The molecule has 0 bridgehead atoms. The summed E-state index contributed by atoms with van der Waals surface area (Å²) in [6.07, 6.45) is 0.761. The normalized spacial score (nSPS) is 15.9. The second-order valence-corrected chi connectivity index (χ2v) is 8.50. The molecule has 0 spiro atoms. The monoisotopic (exact) mass is 405 g/mol. The molecule has 1 aliphatic rings. The fraction of sp³-hybridized carbons (Fsp3) is 0.263. The molecule has 0 radical (unpaired) electrons. The highest BCUT2D eigenvalue weighted by Gasteiger charge is 2.32. The van der Waals surface area contributed by atoms with Gasteiger partial charge in [-0.2, -0.15) is 4.31 Å². The maximum absolute atomic E-state index is 12.9. The summed E-state index contributed by atoms with van der Waals surface area (Å²) < 4.78 is 39.7. The van der Waals surface area contributed by atoms with Gasteiger partial charge in [-0.05, 0) is 61.4 Å². The molecule has 2 amide bonds. The van der Waals surface area contributed by atoms with Crippen LogP contribution in [0.25, 0.3) is 0 Å². The standard InChI is InChI=1S/C19H20FN3O4S/c20-15-3-5-16(6-4-15)22-19(25)14-9-11-23(12-10-14)28(26,27)17-7-1-13(2-8-17)18(21)24/h1-8,14H,9-12H2,(H2,21,24)(H,22,25). The van der Waals surface area contributed by atoms with Gasteiger partial charge in [0.15, 0.2) is 0 Å². The van der Waals surface area contributed by atoms with Crippen LogP contribution in [0.5, 0.6) is 0 Å². The molecule has 2 aromatic rings. The number of halogens is 1. The minimum atomic E-state index is -3.71. The summed E-state index contributed by atoms with van der Waals surface area (Å²) in [7, 11) is -3.71. The van der Waals surface area contributed by atoms with Crippen LogP contribution in [0, 0.1) is 11.7 Å². The average molecular weight is 405 g/mol. The number of carbonyl (C=O) groups excluding carboxylic acids is 2. The second kappa shape index (κ2) is 8.07. The number of nitrogens with two attached hydrogens (primary N) is 1. The van der Waals surface area contributed by atoms with Crippen molar-refractivity contribution in [2.24, 2.45) is 11.7 Å². The highest BCUT2D eigenvalue weighted by atomic mass is 32.2. The highest BCUT2D eigenvalue weighted by Crippen LogP contribution is 2.25. The minimum absolute atomic E-state index is 0.0757. The Kier molecular flexibility index (Phi) is 5.76. The van der Waals surface area contributed by atoms with E-state index in [1.165, 1.54) is 52.8 Å². The van der Waals surface area contributed by atoms with E-state index < -0.39 is 15.9 Å². The van der Waals surface area contributed by atoms with E-state index in [2.05, 4.69) is 5.32 Å². The Hall–Kier alpha value is -2.78. The van der Waals surface area contributed by atoms with E-state index >= 15 is 0 Å². The molecule has 0 saturated carbocycles.